The summed E-state index contributed by atoms with van der Waals surface area (Å²) < 4.78 is 5.80. The Bertz CT molecular complexity index is 1140. The van der Waals surface area contributed by atoms with E-state index in [0.717, 1.165) is 38.2 Å². The lowest BCUT2D eigenvalue weighted by Crippen LogP contribution is -1.99. The normalized spacial score (nSPS) is 11.0. The molecule has 0 aliphatic heterocycles. The highest BCUT2D eigenvalue weighted by atomic mass is 35.5. The number of thiophene rings is 1. The summed E-state index contributed by atoms with van der Waals surface area (Å²) in [5, 5.41) is 6.76. The van der Waals surface area contributed by atoms with Gasteiger partial charge < -0.3 is 10.1 Å². The molecule has 136 valence electrons. The van der Waals surface area contributed by atoms with Gasteiger partial charge in [0.25, 0.3) is 0 Å². The first kappa shape index (κ1) is 17.8. The quantitative estimate of drug-likeness (QED) is 0.457. The largest absolute Gasteiger partial charge is 0.494 e. The lowest BCUT2D eigenvalue weighted by atomic mass is 9.97. The molecule has 0 aliphatic rings. The van der Waals surface area contributed by atoms with Gasteiger partial charge in [0.15, 0.2) is 5.75 Å². The van der Waals surface area contributed by atoms with Crippen LogP contribution in [-0.4, -0.2) is 24.1 Å². The van der Waals surface area contributed by atoms with Crippen molar-refractivity contribution in [3.8, 4) is 27.3 Å². The Labute approximate surface area is 166 Å². The third-order valence-electron chi connectivity index (χ3n) is 4.39. The number of ether oxygens (including phenoxy) is 1. The van der Waals surface area contributed by atoms with Gasteiger partial charge in [-0.3, -0.25) is 0 Å². The Morgan fingerprint density at radius 2 is 2.00 bits per heavy atom. The van der Waals surface area contributed by atoms with E-state index < -0.39 is 0 Å². The molecule has 0 radical (unpaired) electrons. The number of hydrogen-bond acceptors (Lipinski definition) is 5. The molecule has 0 amide bonds. The van der Waals surface area contributed by atoms with Crippen molar-refractivity contribution in [1.82, 2.24) is 9.97 Å². The molecule has 4 rings (SSSR count). The maximum atomic E-state index is 6.25. The minimum absolute atomic E-state index is 0.553. The highest BCUT2D eigenvalue weighted by molar-refractivity contribution is 7.13. The van der Waals surface area contributed by atoms with Crippen LogP contribution in [-0.2, 0) is 0 Å². The fourth-order valence-electron chi connectivity index (χ4n) is 3.14. The summed E-state index contributed by atoms with van der Waals surface area (Å²) >= 11 is 7.94. The average Bonchev–Trinajstić information content (AvgIpc) is 3.12. The smallest absolute Gasteiger partial charge is 0.223 e. The molecule has 2 heterocycles. The molecule has 0 spiro atoms. The van der Waals surface area contributed by atoms with Gasteiger partial charge in [-0.1, -0.05) is 23.7 Å². The second-order valence-corrected chi connectivity index (χ2v) is 7.56. The van der Waals surface area contributed by atoms with Crippen molar-refractivity contribution in [3.05, 3.63) is 58.6 Å². The first-order valence-corrected chi connectivity index (χ1v) is 9.73. The Kier molecular flexibility index (Phi) is 4.72. The van der Waals surface area contributed by atoms with E-state index >= 15 is 0 Å². The van der Waals surface area contributed by atoms with Gasteiger partial charge in [-0.2, -0.15) is 0 Å². The van der Waals surface area contributed by atoms with Crippen LogP contribution in [0.2, 0.25) is 5.02 Å². The fourth-order valence-corrected chi connectivity index (χ4v) is 4.25. The summed E-state index contributed by atoms with van der Waals surface area (Å²) in [6.45, 7) is 2.09. The highest BCUT2D eigenvalue weighted by Gasteiger charge is 2.18. The molecule has 0 atom stereocenters. The molecule has 6 heteroatoms. The van der Waals surface area contributed by atoms with Crippen LogP contribution < -0.4 is 10.1 Å². The molecule has 4 nitrogen and oxygen atoms in total. The average molecular weight is 396 g/mol. The number of nitrogens with zero attached hydrogens (tertiary/aromatic N) is 2. The lowest BCUT2D eigenvalue weighted by Gasteiger charge is -2.15. The number of aromatic nitrogens is 2. The van der Waals surface area contributed by atoms with Crippen molar-refractivity contribution in [2.24, 2.45) is 0 Å². The van der Waals surface area contributed by atoms with Crippen LogP contribution in [0.25, 0.3) is 32.5 Å². The van der Waals surface area contributed by atoms with Gasteiger partial charge in [0.05, 0.1) is 7.11 Å². The summed E-state index contributed by atoms with van der Waals surface area (Å²) in [5.74, 6) is 1.30. The Morgan fingerprint density at radius 3 is 2.67 bits per heavy atom. The first-order chi connectivity index (χ1) is 13.1. The SMILES string of the molecule is CNc1ncc2c(-c3cccc(Cl)c3)cc(-c3cc(C)cs3)c(OC)c2n1. The number of benzene rings is 2. The molecule has 0 fully saturated rings. The number of hydrogen-bond donors (Lipinski definition) is 1. The number of halogens is 1. The Balaban J connectivity index is 2.10. The zero-order valence-electron chi connectivity index (χ0n) is 15.2. The maximum absolute atomic E-state index is 6.25. The summed E-state index contributed by atoms with van der Waals surface area (Å²) in [6, 6.07) is 12.1. The van der Waals surface area contributed by atoms with Gasteiger partial charge >= 0.3 is 0 Å². The molecular formula is C21H18ClN3OS. The summed E-state index contributed by atoms with van der Waals surface area (Å²) in [6.07, 6.45) is 1.83. The van der Waals surface area contributed by atoms with Gasteiger partial charge in [-0.25, -0.2) is 9.97 Å². The molecule has 1 N–H and O–H groups in total. The van der Waals surface area contributed by atoms with Crippen LogP contribution in [0.5, 0.6) is 5.75 Å². The standard InChI is InChI=1S/C21H18ClN3OS/c1-12-7-18(27-11-12)16-9-15(13-5-4-6-14(22)8-13)17-10-24-21(23-2)25-19(17)20(16)26-3/h4-11H,1-3H3,(H,23,24,25). The third-order valence-corrected chi connectivity index (χ3v) is 5.70. The predicted molar refractivity (Wildman–Crippen MR) is 114 cm³/mol. The van der Waals surface area contributed by atoms with E-state index in [1.807, 2.05) is 30.5 Å². The third kappa shape index (κ3) is 3.24. The number of fused-ring (bicyclic) bond motifs is 1. The molecule has 0 bridgehead atoms. The Morgan fingerprint density at radius 1 is 1.15 bits per heavy atom. The van der Waals surface area contributed by atoms with Crippen LogP contribution in [0.1, 0.15) is 5.56 Å². The monoisotopic (exact) mass is 395 g/mol. The maximum Gasteiger partial charge on any atom is 0.223 e. The van der Waals surface area contributed by atoms with Crippen molar-refractivity contribution >= 4 is 39.8 Å². The first-order valence-electron chi connectivity index (χ1n) is 8.47. The fraction of sp³-hybridized carbons (Fsp3) is 0.143. The lowest BCUT2D eigenvalue weighted by molar-refractivity contribution is 0.420. The van der Waals surface area contributed by atoms with Crippen molar-refractivity contribution < 1.29 is 4.74 Å². The van der Waals surface area contributed by atoms with E-state index in [9.17, 15) is 0 Å². The van der Waals surface area contributed by atoms with E-state index in [0.29, 0.717) is 11.0 Å². The van der Waals surface area contributed by atoms with Crippen LogP contribution in [0.15, 0.2) is 48.0 Å². The van der Waals surface area contributed by atoms with Gasteiger partial charge in [-0.05, 0) is 53.3 Å². The number of methoxy groups -OCH3 is 1. The van der Waals surface area contributed by atoms with E-state index in [2.05, 4.69) is 34.7 Å². The molecule has 0 unspecified atom stereocenters. The van der Waals surface area contributed by atoms with Gasteiger partial charge in [-0.15, -0.1) is 11.3 Å². The molecular weight excluding hydrogens is 378 g/mol. The van der Waals surface area contributed by atoms with Crippen LogP contribution >= 0.6 is 22.9 Å². The van der Waals surface area contributed by atoms with E-state index in [4.69, 9.17) is 21.3 Å². The molecule has 0 aliphatic carbocycles. The minimum atomic E-state index is 0.553. The highest BCUT2D eigenvalue weighted by Crippen LogP contribution is 2.43. The topological polar surface area (TPSA) is 47.0 Å². The second kappa shape index (κ2) is 7.18. The van der Waals surface area contributed by atoms with Gasteiger partial charge in [0.1, 0.15) is 5.52 Å². The van der Waals surface area contributed by atoms with Crippen molar-refractivity contribution in [3.63, 3.8) is 0 Å². The van der Waals surface area contributed by atoms with Gasteiger partial charge in [0, 0.05) is 34.1 Å². The molecule has 2 aromatic heterocycles. The molecule has 2 aromatic carbocycles. The zero-order valence-corrected chi connectivity index (χ0v) is 16.8. The predicted octanol–water partition coefficient (Wildman–Crippen LogP) is 6.04. The van der Waals surface area contributed by atoms with Crippen molar-refractivity contribution in [1.29, 1.82) is 0 Å². The van der Waals surface area contributed by atoms with E-state index in [1.165, 1.54) is 5.56 Å². The minimum Gasteiger partial charge on any atom is -0.494 e. The molecule has 0 saturated heterocycles. The van der Waals surface area contributed by atoms with E-state index in [-0.39, 0.29) is 0 Å². The van der Waals surface area contributed by atoms with E-state index in [1.54, 1.807) is 25.5 Å². The summed E-state index contributed by atoms with van der Waals surface area (Å²) in [7, 11) is 3.48. The van der Waals surface area contributed by atoms with Crippen LogP contribution in [0, 0.1) is 6.92 Å². The van der Waals surface area contributed by atoms with Crippen LogP contribution in [0.4, 0.5) is 5.95 Å². The number of aryl methyl sites for hydroxylation is 1. The number of anilines is 1. The Hall–Kier alpha value is -2.63. The number of nitrogens with one attached hydrogen (secondary N) is 1. The second-order valence-electron chi connectivity index (χ2n) is 6.21. The van der Waals surface area contributed by atoms with Crippen LogP contribution in [0.3, 0.4) is 0 Å². The molecule has 4 aromatic rings. The summed E-state index contributed by atoms with van der Waals surface area (Å²) in [5.41, 5.74) is 5.05. The molecule has 27 heavy (non-hydrogen) atoms. The van der Waals surface area contributed by atoms with Crippen molar-refractivity contribution in [2.75, 3.05) is 19.5 Å². The summed E-state index contributed by atoms with van der Waals surface area (Å²) in [4.78, 5) is 10.2. The number of rotatable bonds is 4. The zero-order chi connectivity index (χ0) is 19.0. The van der Waals surface area contributed by atoms with Crippen molar-refractivity contribution in [2.45, 2.75) is 6.92 Å². The molecule has 0 saturated carbocycles. The van der Waals surface area contributed by atoms with Gasteiger partial charge in [0.2, 0.25) is 5.95 Å².